The number of aromatic nitrogens is 2. The van der Waals surface area contributed by atoms with Crippen LogP contribution in [0.5, 0.6) is 0 Å². The lowest BCUT2D eigenvalue weighted by Crippen LogP contribution is -2.29. The first-order valence-electron chi connectivity index (χ1n) is 5.59. The summed E-state index contributed by atoms with van der Waals surface area (Å²) in [4.78, 5) is 28.1. The van der Waals surface area contributed by atoms with E-state index in [1.165, 1.54) is 0 Å². The smallest absolute Gasteiger partial charge is 0.451 e. The number of carbonyl (C=O) groups excluding carboxylic acids is 1. The molecule has 0 spiro atoms. The second-order valence-electron chi connectivity index (χ2n) is 4.21. The van der Waals surface area contributed by atoms with Gasteiger partial charge in [-0.2, -0.15) is 13.2 Å². The third-order valence-corrected chi connectivity index (χ3v) is 2.30. The summed E-state index contributed by atoms with van der Waals surface area (Å²) in [6, 6.07) is 0. The second-order valence-corrected chi connectivity index (χ2v) is 4.21. The molecule has 1 unspecified atom stereocenters. The van der Waals surface area contributed by atoms with E-state index in [4.69, 9.17) is 5.11 Å². The molecular formula is C11H12F3N3O3. The van der Waals surface area contributed by atoms with Crippen LogP contribution >= 0.6 is 0 Å². The molecule has 0 aliphatic carbocycles. The average Bonchev–Trinajstić information content (AvgIpc) is 2.34. The zero-order valence-corrected chi connectivity index (χ0v) is 10.4. The Morgan fingerprint density at radius 1 is 1.35 bits per heavy atom. The predicted molar refractivity (Wildman–Crippen MR) is 60.8 cm³/mol. The fourth-order valence-electron chi connectivity index (χ4n) is 1.33. The lowest BCUT2D eigenvalue weighted by Gasteiger charge is -2.10. The number of aliphatic carboxylic acids is 1. The van der Waals surface area contributed by atoms with E-state index in [0.29, 0.717) is 0 Å². The first-order chi connectivity index (χ1) is 9.20. The summed E-state index contributed by atoms with van der Waals surface area (Å²) in [6.07, 6.45) is -3.24. The number of carbonyl (C=O) groups is 2. The largest absolute Gasteiger partial charge is 0.481 e. The third-order valence-electron chi connectivity index (χ3n) is 2.30. The van der Waals surface area contributed by atoms with Crippen LogP contribution in [0.3, 0.4) is 0 Å². The Bertz CT molecular complexity index is 488. The number of halogens is 3. The van der Waals surface area contributed by atoms with Gasteiger partial charge in [-0.15, -0.1) is 0 Å². The number of rotatable bonds is 5. The van der Waals surface area contributed by atoms with Crippen molar-refractivity contribution >= 4 is 11.9 Å². The van der Waals surface area contributed by atoms with E-state index in [9.17, 15) is 22.8 Å². The van der Waals surface area contributed by atoms with Gasteiger partial charge in [0.2, 0.25) is 5.82 Å². The normalized spacial score (nSPS) is 12.8. The highest BCUT2D eigenvalue weighted by atomic mass is 19.4. The van der Waals surface area contributed by atoms with Crippen LogP contribution in [0.25, 0.3) is 0 Å². The molecule has 1 aromatic heterocycles. The predicted octanol–water partition coefficient (Wildman–Crippen LogP) is 1.34. The number of nitrogens with one attached hydrogen (secondary N) is 1. The maximum Gasteiger partial charge on any atom is 0.451 e. The molecule has 0 aromatic carbocycles. The molecule has 9 heteroatoms. The summed E-state index contributed by atoms with van der Waals surface area (Å²) in [5.41, 5.74) is -0.125. The number of carboxylic acid groups (broad SMARTS) is 1. The van der Waals surface area contributed by atoms with Crippen molar-refractivity contribution in [1.82, 2.24) is 15.3 Å². The molecular weight excluding hydrogens is 279 g/mol. The van der Waals surface area contributed by atoms with E-state index >= 15 is 0 Å². The van der Waals surface area contributed by atoms with Gasteiger partial charge >= 0.3 is 12.1 Å². The molecule has 0 saturated heterocycles. The fourth-order valence-corrected chi connectivity index (χ4v) is 1.33. The van der Waals surface area contributed by atoms with E-state index in [1.807, 2.05) is 0 Å². The molecule has 0 aliphatic heterocycles. The number of hydrogen-bond acceptors (Lipinski definition) is 4. The molecule has 2 N–H and O–H groups in total. The third kappa shape index (κ3) is 4.82. The summed E-state index contributed by atoms with van der Waals surface area (Å²) in [7, 11) is 0. The zero-order chi connectivity index (χ0) is 15.3. The van der Waals surface area contributed by atoms with Gasteiger partial charge in [-0.05, 0) is 5.92 Å². The summed E-state index contributed by atoms with van der Waals surface area (Å²) >= 11 is 0. The van der Waals surface area contributed by atoms with Gasteiger partial charge in [0.05, 0.1) is 5.56 Å². The van der Waals surface area contributed by atoms with E-state index < -0.39 is 23.9 Å². The molecule has 0 saturated carbocycles. The first-order valence-corrected chi connectivity index (χ1v) is 5.59. The van der Waals surface area contributed by atoms with E-state index in [0.717, 1.165) is 12.4 Å². The summed E-state index contributed by atoms with van der Waals surface area (Å²) < 4.78 is 36.6. The van der Waals surface area contributed by atoms with Crippen LogP contribution in [0.2, 0.25) is 0 Å². The van der Waals surface area contributed by atoms with Crippen molar-refractivity contribution in [2.75, 3.05) is 6.54 Å². The minimum Gasteiger partial charge on any atom is -0.481 e. The van der Waals surface area contributed by atoms with Gasteiger partial charge in [-0.3, -0.25) is 9.59 Å². The minimum atomic E-state index is -4.66. The van der Waals surface area contributed by atoms with Crippen molar-refractivity contribution in [3.63, 3.8) is 0 Å². The van der Waals surface area contributed by atoms with Gasteiger partial charge in [0.1, 0.15) is 0 Å². The van der Waals surface area contributed by atoms with Gasteiger partial charge < -0.3 is 10.4 Å². The highest BCUT2D eigenvalue weighted by Crippen LogP contribution is 2.25. The molecule has 1 heterocycles. The van der Waals surface area contributed by atoms with Gasteiger partial charge in [-0.25, -0.2) is 9.97 Å². The Morgan fingerprint density at radius 2 is 1.90 bits per heavy atom. The van der Waals surface area contributed by atoms with Crippen molar-refractivity contribution in [1.29, 1.82) is 0 Å². The summed E-state index contributed by atoms with van der Waals surface area (Å²) in [5, 5.41) is 10.9. The number of alkyl halides is 3. The fraction of sp³-hybridized carbons (Fsp3) is 0.455. The molecule has 1 amide bonds. The van der Waals surface area contributed by atoms with Crippen LogP contribution < -0.4 is 5.32 Å². The Hall–Kier alpha value is -2.19. The van der Waals surface area contributed by atoms with Crippen LogP contribution in [-0.4, -0.2) is 33.5 Å². The number of amides is 1. The van der Waals surface area contributed by atoms with Crippen LogP contribution in [0.15, 0.2) is 12.4 Å². The molecule has 0 bridgehead atoms. The number of hydrogen-bond donors (Lipinski definition) is 2. The zero-order valence-electron chi connectivity index (χ0n) is 10.4. The number of carboxylic acids is 1. The lowest BCUT2D eigenvalue weighted by molar-refractivity contribution is -0.145. The highest BCUT2D eigenvalue weighted by molar-refractivity contribution is 5.93. The molecule has 1 aromatic rings. The SMILES string of the molecule is CC(CNC(=O)c1cnc(C(F)(F)F)nc1)CC(=O)O. The molecule has 6 nitrogen and oxygen atoms in total. The van der Waals surface area contributed by atoms with Crippen LogP contribution in [-0.2, 0) is 11.0 Å². The molecule has 0 radical (unpaired) electrons. The molecule has 1 rings (SSSR count). The van der Waals surface area contributed by atoms with Gasteiger partial charge in [0, 0.05) is 25.4 Å². The van der Waals surface area contributed by atoms with E-state index in [2.05, 4.69) is 15.3 Å². The molecule has 1 atom stereocenters. The second kappa shape index (κ2) is 6.31. The standard InChI is InChI=1S/C11H12F3N3O3/c1-6(2-8(18)19)3-15-9(20)7-4-16-10(17-5-7)11(12,13)14/h4-6H,2-3H2,1H3,(H,15,20)(H,18,19). The molecule has 0 fully saturated rings. The van der Waals surface area contributed by atoms with Crippen molar-refractivity contribution in [3.8, 4) is 0 Å². The Labute approximate surface area is 112 Å². The highest BCUT2D eigenvalue weighted by Gasteiger charge is 2.34. The summed E-state index contributed by atoms with van der Waals surface area (Å²) in [5.74, 6) is -3.28. The van der Waals surface area contributed by atoms with Crippen LogP contribution in [0.4, 0.5) is 13.2 Å². The molecule has 20 heavy (non-hydrogen) atoms. The van der Waals surface area contributed by atoms with E-state index in [1.54, 1.807) is 6.92 Å². The van der Waals surface area contributed by atoms with Crippen molar-refractivity contribution in [2.45, 2.75) is 19.5 Å². The van der Waals surface area contributed by atoms with Crippen molar-refractivity contribution in [3.05, 3.63) is 23.8 Å². The molecule has 0 aliphatic rings. The van der Waals surface area contributed by atoms with Crippen molar-refractivity contribution < 1.29 is 27.9 Å². The first kappa shape index (κ1) is 15.9. The average molecular weight is 291 g/mol. The van der Waals surface area contributed by atoms with E-state index in [-0.39, 0.29) is 24.4 Å². The minimum absolute atomic E-state index is 0.0894. The van der Waals surface area contributed by atoms with Crippen LogP contribution in [0, 0.1) is 5.92 Å². The maximum atomic E-state index is 12.2. The number of nitrogens with zero attached hydrogens (tertiary/aromatic N) is 2. The topological polar surface area (TPSA) is 92.2 Å². The Balaban J connectivity index is 2.58. The monoisotopic (exact) mass is 291 g/mol. The quantitative estimate of drug-likeness (QED) is 0.854. The Morgan fingerprint density at radius 3 is 2.35 bits per heavy atom. The van der Waals surface area contributed by atoms with Crippen LogP contribution in [0.1, 0.15) is 29.5 Å². The summed E-state index contributed by atoms with van der Waals surface area (Å²) in [6.45, 7) is 1.71. The van der Waals surface area contributed by atoms with Gasteiger partial charge in [-0.1, -0.05) is 6.92 Å². The maximum absolute atomic E-state index is 12.2. The lowest BCUT2D eigenvalue weighted by atomic mass is 10.1. The Kier molecular flexibility index (Phi) is 5.00. The van der Waals surface area contributed by atoms with Gasteiger partial charge in [0.25, 0.3) is 5.91 Å². The van der Waals surface area contributed by atoms with Crippen molar-refractivity contribution in [2.24, 2.45) is 5.92 Å². The molecule has 110 valence electrons. The van der Waals surface area contributed by atoms with Gasteiger partial charge in [0.15, 0.2) is 0 Å².